The van der Waals surface area contributed by atoms with Crippen LogP contribution in [0.2, 0.25) is 10.0 Å². The van der Waals surface area contributed by atoms with Crippen molar-refractivity contribution in [1.82, 2.24) is 9.55 Å². The van der Waals surface area contributed by atoms with Crippen LogP contribution in [-0.2, 0) is 6.42 Å². The molecule has 2 aromatic rings. The molecule has 3 N–H and O–H groups in total. The summed E-state index contributed by atoms with van der Waals surface area (Å²) in [5.74, 6) is -0.596. The predicted molar refractivity (Wildman–Crippen MR) is 86.2 cm³/mol. The third-order valence-electron chi connectivity index (χ3n) is 3.53. The Labute approximate surface area is 138 Å². The first-order valence-electron chi connectivity index (χ1n) is 6.84. The number of amides is 1. The largest absolute Gasteiger partial charge is 0.391 e. The third kappa shape index (κ3) is 3.80. The summed E-state index contributed by atoms with van der Waals surface area (Å²) in [6.45, 7) is 1.69. The van der Waals surface area contributed by atoms with E-state index in [0.717, 1.165) is 5.56 Å². The molecule has 0 aliphatic heterocycles. The van der Waals surface area contributed by atoms with E-state index in [4.69, 9.17) is 28.9 Å². The summed E-state index contributed by atoms with van der Waals surface area (Å²) in [6, 6.07) is 5.23. The fourth-order valence-electron chi connectivity index (χ4n) is 2.33. The number of nitrogens with two attached hydrogens (primary N) is 1. The topological polar surface area (TPSA) is 81.1 Å². The molecule has 0 aliphatic carbocycles. The Kier molecular flexibility index (Phi) is 5.45. The van der Waals surface area contributed by atoms with Gasteiger partial charge < -0.3 is 15.4 Å². The van der Waals surface area contributed by atoms with E-state index in [1.807, 2.05) is 12.1 Å². The van der Waals surface area contributed by atoms with Crippen LogP contribution in [-0.4, -0.2) is 26.7 Å². The molecule has 0 aliphatic rings. The molecule has 0 saturated carbocycles. The van der Waals surface area contributed by atoms with Gasteiger partial charge in [-0.2, -0.15) is 0 Å². The van der Waals surface area contributed by atoms with Crippen molar-refractivity contribution >= 4 is 29.1 Å². The second kappa shape index (κ2) is 7.13. The number of primary amides is 1. The molecule has 1 amide bonds. The van der Waals surface area contributed by atoms with Crippen LogP contribution in [0.15, 0.2) is 30.7 Å². The maximum absolute atomic E-state index is 11.1. The summed E-state index contributed by atoms with van der Waals surface area (Å²) in [6.07, 6.45) is 3.68. The standard InChI is InChI=1S/C15H17Cl2N3O2/c1-9(21)13(20-7-12(15(18)22)19-8-20)6-5-10-3-2-4-11(16)14(10)17/h2-4,7-9,13,21H,5-6H2,1H3,(H2,18,22)/t9-,13-/m1/s1. The lowest BCUT2D eigenvalue weighted by atomic mass is 10.0. The first-order valence-corrected chi connectivity index (χ1v) is 7.60. The van der Waals surface area contributed by atoms with Gasteiger partial charge in [0.25, 0.3) is 5.91 Å². The van der Waals surface area contributed by atoms with Gasteiger partial charge >= 0.3 is 0 Å². The van der Waals surface area contributed by atoms with Gasteiger partial charge in [0.05, 0.1) is 28.5 Å². The van der Waals surface area contributed by atoms with Gasteiger partial charge in [-0.1, -0.05) is 35.3 Å². The zero-order chi connectivity index (χ0) is 16.3. The number of carbonyl (C=O) groups excluding carboxylic acids is 1. The molecule has 0 unspecified atom stereocenters. The van der Waals surface area contributed by atoms with Crippen molar-refractivity contribution in [3.05, 3.63) is 52.0 Å². The third-order valence-corrected chi connectivity index (χ3v) is 4.39. The lowest BCUT2D eigenvalue weighted by Gasteiger charge is -2.21. The van der Waals surface area contributed by atoms with Crippen LogP contribution >= 0.6 is 23.2 Å². The number of rotatable bonds is 6. The molecule has 1 heterocycles. The van der Waals surface area contributed by atoms with Crippen molar-refractivity contribution in [2.24, 2.45) is 5.73 Å². The molecule has 2 rings (SSSR count). The van der Waals surface area contributed by atoms with Crippen molar-refractivity contribution in [2.75, 3.05) is 0 Å². The number of aryl methyl sites for hydroxylation is 1. The van der Waals surface area contributed by atoms with E-state index < -0.39 is 12.0 Å². The molecule has 0 fully saturated rings. The molecule has 0 bridgehead atoms. The summed E-state index contributed by atoms with van der Waals surface area (Å²) in [5, 5.41) is 11.0. The number of carbonyl (C=O) groups is 1. The van der Waals surface area contributed by atoms with Gasteiger partial charge in [0.1, 0.15) is 5.69 Å². The van der Waals surface area contributed by atoms with E-state index >= 15 is 0 Å². The fourth-order valence-corrected chi connectivity index (χ4v) is 2.74. The van der Waals surface area contributed by atoms with Gasteiger partial charge in [-0.3, -0.25) is 4.79 Å². The maximum atomic E-state index is 11.1. The first-order chi connectivity index (χ1) is 10.4. The van der Waals surface area contributed by atoms with Crippen molar-refractivity contribution in [1.29, 1.82) is 0 Å². The van der Waals surface area contributed by atoms with Crippen LogP contribution in [0.1, 0.15) is 35.4 Å². The van der Waals surface area contributed by atoms with Crippen molar-refractivity contribution < 1.29 is 9.90 Å². The average Bonchev–Trinajstić information content (AvgIpc) is 2.93. The summed E-state index contributed by atoms with van der Waals surface area (Å²) < 4.78 is 1.70. The first kappa shape index (κ1) is 16.8. The Morgan fingerprint density at radius 3 is 2.77 bits per heavy atom. The maximum Gasteiger partial charge on any atom is 0.268 e. The zero-order valence-electron chi connectivity index (χ0n) is 12.0. The SMILES string of the molecule is C[C@@H](O)[C@@H](CCc1cccc(Cl)c1Cl)n1cnc(C(N)=O)c1. The zero-order valence-corrected chi connectivity index (χ0v) is 13.6. The number of aliphatic hydroxyl groups excluding tert-OH is 1. The molecule has 7 heteroatoms. The van der Waals surface area contributed by atoms with Gasteiger partial charge in [0, 0.05) is 6.20 Å². The van der Waals surface area contributed by atoms with E-state index in [0.29, 0.717) is 22.9 Å². The number of benzene rings is 1. The monoisotopic (exact) mass is 341 g/mol. The van der Waals surface area contributed by atoms with Gasteiger partial charge in [-0.15, -0.1) is 0 Å². The van der Waals surface area contributed by atoms with Gasteiger partial charge in [-0.25, -0.2) is 4.98 Å². The van der Waals surface area contributed by atoms with Crippen LogP contribution < -0.4 is 5.73 Å². The van der Waals surface area contributed by atoms with Crippen molar-refractivity contribution in [2.45, 2.75) is 31.9 Å². The number of hydrogen-bond donors (Lipinski definition) is 2. The van der Waals surface area contributed by atoms with Gasteiger partial charge in [0.2, 0.25) is 0 Å². The van der Waals surface area contributed by atoms with Crippen molar-refractivity contribution in [3.63, 3.8) is 0 Å². The molecule has 0 radical (unpaired) electrons. The summed E-state index contributed by atoms with van der Waals surface area (Å²) >= 11 is 12.2. The molecule has 0 saturated heterocycles. The summed E-state index contributed by atoms with van der Waals surface area (Å²) in [7, 11) is 0. The number of halogens is 2. The Balaban J connectivity index is 2.15. The molecule has 5 nitrogen and oxygen atoms in total. The quantitative estimate of drug-likeness (QED) is 0.847. The highest BCUT2D eigenvalue weighted by molar-refractivity contribution is 6.42. The lowest BCUT2D eigenvalue weighted by molar-refractivity contribution is 0.0994. The molecular formula is C15H17Cl2N3O2. The Morgan fingerprint density at radius 2 is 2.18 bits per heavy atom. The molecule has 0 spiro atoms. The summed E-state index contributed by atoms with van der Waals surface area (Å²) in [4.78, 5) is 15.1. The van der Waals surface area contributed by atoms with E-state index in [1.54, 1.807) is 23.8 Å². The minimum absolute atomic E-state index is 0.173. The van der Waals surface area contributed by atoms with Crippen LogP contribution in [0.3, 0.4) is 0 Å². The number of hydrogen-bond acceptors (Lipinski definition) is 3. The lowest BCUT2D eigenvalue weighted by Crippen LogP contribution is -2.21. The number of nitrogens with zero attached hydrogens (tertiary/aromatic N) is 2. The van der Waals surface area contributed by atoms with Gasteiger partial charge in [0.15, 0.2) is 0 Å². The summed E-state index contributed by atoms with van der Waals surface area (Å²) in [5.41, 5.74) is 6.28. The molecule has 1 aromatic heterocycles. The Bertz CT molecular complexity index is 671. The fraction of sp³-hybridized carbons (Fsp3) is 0.333. The van der Waals surface area contributed by atoms with Crippen LogP contribution in [0.4, 0.5) is 0 Å². The predicted octanol–water partition coefficient (Wildman–Crippen LogP) is 2.84. The highest BCUT2D eigenvalue weighted by Crippen LogP contribution is 2.28. The van der Waals surface area contributed by atoms with E-state index in [9.17, 15) is 9.90 Å². The van der Waals surface area contributed by atoms with Crippen LogP contribution in [0.25, 0.3) is 0 Å². The Morgan fingerprint density at radius 1 is 1.45 bits per heavy atom. The second-order valence-electron chi connectivity index (χ2n) is 5.13. The average molecular weight is 342 g/mol. The number of imidazole rings is 1. The number of aliphatic hydroxyl groups is 1. The molecular weight excluding hydrogens is 325 g/mol. The smallest absolute Gasteiger partial charge is 0.268 e. The molecule has 118 valence electrons. The minimum Gasteiger partial charge on any atom is -0.391 e. The molecule has 1 aromatic carbocycles. The van der Waals surface area contributed by atoms with E-state index in [1.165, 1.54) is 6.33 Å². The van der Waals surface area contributed by atoms with Crippen LogP contribution in [0.5, 0.6) is 0 Å². The van der Waals surface area contributed by atoms with E-state index in [-0.39, 0.29) is 11.7 Å². The highest BCUT2D eigenvalue weighted by atomic mass is 35.5. The van der Waals surface area contributed by atoms with Crippen LogP contribution in [0, 0.1) is 0 Å². The van der Waals surface area contributed by atoms with Gasteiger partial charge in [-0.05, 0) is 31.4 Å². The Hall–Kier alpha value is -1.56. The number of aromatic nitrogens is 2. The second-order valence-corrected chi connectivity index (χ2v) is 5.92. The molecule has 2 atom stereocenters. The normalized spacial score (nSPS) is 13.8. The van der Waals surface area contributed by atoms with Crippen molar-refractivity contribution in [3.8, 4) is 0 Å². The van der Waals surface area contributed by atoms with E-state index in [2.05, 4.69) is 4.98 Å². The molecule has 22 heavy (non-hydrogen) atoms. The minimum atomic E-state index is -0.618. The highest BCUT2D eigenvalue weighted by Gasteiger charge is 2.19.